The van der Waals surface area contributed by atoms with Crippen LogP contribution in [0.25, 0.3) is 10.9 Å². The van der Waals surface area contributed by atoms with E-state index in [0.717, 1.165) is 79.0 Å². The first-order valence-electron chi connectivity index (χ1n) is 13.1. The van der Waals surface area contributed by atoms with Crippen molar-refractivity contribution >= 4 is 34.1 Å². The maximum absolute atomic E-state index is 6.15. The predicted molar refractivity (Wildman–Crippen MR) is 149 cm³/mol. The molecule has 0 atom stereocenters. The number of likely N-dealkylation sites (tertiary alicyclic amines) is 1. The van der Waals surface area contributed by atoms with Gasteiger partial charge in [0.2, 0.25) is 0 Å². The largest absolute Gasteiger partial charge is 0.493 e. The summed E-state index contributed by atoms with van der Waals surface area (Å²) in [5.41, 5.74) is 1.97. The molecule has 1 N–H and O–H groups in total. The second-order valence-corrected chi connectivity index (χ2v) is 9.85. The maximum Gasteiger partial charge on any atom is 0.169 e. The third-order valence-electron chi connectivity index (χ3n) is 7.05. The van der Waals surface area contributed by atoms with Crippen LogP contribution in [0.5, 0.6) is 11.5 Å². The van der Waals surface area contributed by atoms with Crippen molar-refractivity contribution in [3.05, 3.63) is 48.5 Å². The lowest BCUT2D eigenvalue weighted by Gasteiger charge is -2.37. The fourth-order valence-electron chi connectivity index (χ4n) is 4.96. The quantitative estimate of drug-likeness (QED) is 0.447. The Morgan fingerprint density at radius 3 is 2.62 bits per heavy atom. The molecule has 0 bridgehead atoms. The van der Waals surface area contributed by atoms with Gasteiger partial charge in [0.15, 0.2) is 16.6 Å². The Balaban J connectivity index is 1.21. The van der Waals surface area contributed by atoms with E-state index in [1.165, 1.54) is 19.3 Å². The Labute approximate surface area is 223 Å². The van der Waals surface area contributed by atoms with Crippen LogP contribution in [0.3, 0.4) is 0 Å². The number of nitrogens with zero attached hydrogens (tertiary/aromatic N) is 6. The first-order chi connectivity index (χ1) is 18.2. The molecular formula is C27H35N7O2S. The average molecular weight is 522 g/mol. The van der Waals surface area contributed by atoms with Crippen LogP contribution >= 0.6 is 12.2 Å². The summed E-state index contributed by atoms with van der Waals surface area (Å²) in [6.45, 7) is 7.83. The standard InChI is InChI=1S/C27H35N7O2S/c1-35-24-16-22-23(17-25(24)36-15-14-32-8-3-2-4-9-32)30-20-31-26(22)33-10-12-34(13-11-33)27(37)29-19-21-6-5-7-28-18-21/h5-7,16-18,20H,2-4,8-15,19H2,1H3,(H,29,37). The highest BCUT2D eigenvalue weighted by molar-refractivity contribution is 7.80. The van der Waals surface area contributed by atoms with E-state index in [1.807, 2.05) is 30.5 Å². The van der Waals surface area contributed by atoms with E-state index in [1.54, 1.807) is 19.6 Å². The number of nitrogens with one attached hydrogen (secondary N) is 1. The number of thiocarbonyl (C=S) groups is 1. The molecule has 3 aromatic rings. The van der Waals surface area contributed by atoms with Crippen LogP contribution in [0.2, 0.25) is 0 Å². The zero-order valence-electron chi connectivity index (χ0n) is 21.4. The molecule has 0 amide bonds. The van der Waals surface area contributed by atoms with Crippen molar-refractivity contribution in [2.75, 3.05) is 64.4 Å². The molecule has 2 saturated heterocycles. The topological polar surface area (TPSA) is 78.9 Å². The molecule has 10 heteroatoms. The van der Waals surface area contributed by atoms with Crippen LogP contribution in [0, 0.1) is 0 Å². The molecule has 0 saturated carbocycles. The molecule has 196 valence electrons. The van der Waals surface area contributed by atoms with Gasteiger partial charge in [-0.2, -0.15) is 0 Å². The van der Waals surface area contributed by atoms with Crippen molar-refractivity contribution in [2.45, 2.75) is 25.8 Å². The summed E-state index contributed by atoms with van der Waals surface area (Å²) in [7, 11) is 1.68. The Bertz CT molecular complexity index is 1180. The molecule has 9 nitrogen and oxygen atoms in total. The van der Waals surface area contributed by atoms with E-state index in [0.29, 0.717) is 18.9 Å². The van der Waals surface area contributed by atoms with Crippen molar-refractivity contribution in [1.82, 2.24) is 30.1 Å². The molecule has 1 aromatic carbocycles. The summed E-state index contributed by atoms with van der Waals surface area (Å²) in [5, 5.41) is 5.09. The number of ether oxygens (including phenoxy) is 2. The molecule has 0 aliphatic carbocycles. The fourth-order valence-corrected chi connectivity index (χ4v) is 5.21. The second kappa shape index (κ2) is 12.3. The number of fused-ring (bicyclic) bond motifs is 1. The smallest absolute Gasteiger partial charge is 0.169 e. The third-order valence-corrected chi connectivity index (χ3v) is 7.45. The molecule has 37 heavy (non-hydrogen) atoms. The van der Waals surface area contributed by atoms with E-state index in [-0.39, 0.29) is 0 Å². The molecule has 5 rings (SSSR count). The normalized spacial score (nSPS) is 16.6. The van der Waals surface area contributed by atoms with Crippen LogP contribution in [0.15, 0.2) is 43.0 Å². The molecular weight excluding hydrogens is 486 g/mol. The van der Waals surface area contributed by atoms with Gasteiger partial charge in [-0.3, -0.25) is 9.88 Å². The maximum atomic E-state index is 6.15. The zero-order valence-corrected chi connectivity index (χ0v) is 22.3. The number of pyridine rings is 1. The number of anilines is 1. The van der Waals surface area contributed by atoms with Gasteiger partial charge >= 0.3 is 0 Å². The highest BCUT2D eigenvalue weighted by atomic mass is 32.1. The summed E-state index contributed by atoms with van der Waals surface area (Å²) < 4.78 is 11.8. The summed E-state index contributed by atoms with van der Waals surface area (Å²) in [4.78, 5) is 20.3. The van der Waals surface area contributed by atoms with E-state index in [2.05, 4.69) is 35.0 Å². The number of methoxy groups -OCH3 is 1. The number of aromatic nitrogens is 3. The van der Waals surface area contributed by atoms with Gasteiger partial charge in [-0.25, -0.2) is 9.97 Å². The molecule has 2 fully saturated rings. The Morgan fingerprint density at radius 2 is 1.86 bits per heavy atom. The van der Waals surface area contributed by atoms with Crippen LogP contribution in [0.1, 0.15) is 24.8 Å². The lowest BCUT2D eigenvalue weighted by atomic mass is 10.1. The van der Waals surface area contributed by atoms with E-state index < -0.39 is 0 Å². The van der Waals surface area contributed by atoms with E-state index in [9.17, 15) is 0 Å². The Kier molecular flexibility index (Phi) is 8.47. The van der Waals surface area contributed by atoms with E-state index in [4.69, 9.17) is 21.7 Å². The van der Waals surface area contributed by atoms with Gasteiger partial charge in [0.1, 0.15) is 18.8 Å². The van der Waals surface area contributed by atoms with Gasteiger partial charge in [0.05, 0.1) is 12.6 Å². The minimum Gasteiger partial charge on any atom is -0.493 e. The predicted octanol–water partition coefficient (Wildman–Crippen LogP) is 3.09. The lowest BCUT2D eigenvalue weighted by Crippen LogP contribution is -2.51. The molecule has 4 heterocycles. The van der Waals surface area contributed by atoms with Gasteiger partial charge < -0.3 is 24.6 Å². The van der Waals surface area contributed by atoms with Crippen LogP contribution in [0.4, 0.5) is 5.82 Å². The van der Waals surface area contributed by atoms with Gasteiger partial charge in [0.25, 0.3) is 0 Å². The SMILES string of the molecule is COc1cc2c(N3CCN(C(=S)NCc4cccnc4)CC3)ncnc2cc1OCCN1CCCCC1. The first-order valence-corrected chi connectivity index (χ1v) is 13.5. The monoisotopic (exact) mass is 521 g/mol. The molecule has 0 radical (unpaired) electrons. The van der Waals surface area contributed by atoms with Gasteiger partial charge in [-0.1, -0.05) is 12.5 Å². The fraction of sp³-hybridized carbons (Fsp3) is 0.481. The van der Waals surface area contributed by atoms with Crippen molar-refractivity contribution in [3.63, 3.8) is 0 Å². The number of benzene rings is 1. The minimum atomic E-state index is 0.635. The van der Waals surface area contributed by atoms with Gasteiger partial charge in [-0.15, -0.1) is 0 Å². The third kappa shape index (κ3) is 6.37. The summed E-state index contributed by atoms with van der Waals surface area (Å²) in [6.07, 6.45) is 9.16. The van der Waals surface area contributed by atoms with Gasteiger partial charge in [-0.05, 0) is 55.8 Å². The Hall–Kier alpha value is -3.24. The highest BCUT2D eigenvalue weighted by Gasteiger charge is 2.22. The minimum absolute atomic E-state index is 0.635. The summed E-state index contributed by atoms with van der Waals surface area (Å²) >= 11 is 5.65. The first kappa shape index (κ1) is 25.4. The van der Waals surface area contributed by atoms with Crippen LogP contribution < -0.4 is 19.7 Å². The molecule has 2 aliphatic rings. The zero-order chi connectivity index (χ0) is 25.5. The number of hydrogen-bond donors (Lipinski definition) is 1. The molecule has 2 aromatic heterocycles. The van der Waals surface area contributed by atoms with Crippen LogP contribution in [-0.4, -0.2) is 89.4 Å². The van der Waals surface area contributed by atoms with Crippen molar-refractivity contribution in [2.24, 2.45) is 0 Å². The summed E-state index contributed by atoms with van der Waals surface area (Å²) in [6, 6.07) is 7.96. The van der Waals surface area contributed by atoms with Crippen molar-refractivity contribution in [3.8, 4) is 11.5 Å². The number of piperazine rings is 1. The van der Waals surface area contributed by atoms with Crippen LogP contribution in [-0.2, 0) is 6.54 Å². The second-order valence-electron chi connectivity index (χ2n) is 9.46. The van der Waals surface area contributed by atoms with Gasteiger partial charge in [0, 0.05) is 63.1 Å². The lowest BCUT2D eigenvalue weighted by molar-refractivity contribution is 0.181. The molecule has 0 unspecified atom stereocenters. The highest BCUT2D eigenvalue weighted by Crippen LogP contribution is 2.35. The van der Waals surface area contributed by atoms with Crippen molar-refractivity contribution < 1.29 is 9.47 Å². The number of hydrogen-bond acceptors (Lipinski definition) is 8. The molecule has 2 aliphatic heterocycles. The number of piperidine rings is 1. The number of rotatable bonds is 8. The summed E-state index contributed by atoms with van der Waals surface area (Å²) in [5.74, 6) is 2.35. The van der Waals surface area contributed by atoms with E-state index >= 15 is 0 Å². The van der Waals surface area contributed by atoms with Crippen molar-refractivity contribution in [1.29, 1.82) is 0 Å². The average Bonchev–Trinajstić information content (AvgIpc) is 2.96. The Morgan fingerprint density at radius 1 is 1.03 bits per heavy atom. The molecule has 0 spiro atoms.